The standard InChI is InChI=1S/C18H38O2/c1-3-4-5-10-13-17(2)14-11-8-6-7-9-12-15-18(20)16-19/h17-20H,3-16H2,1-2H3. The molecule has 0 aliphatic heterocycles. The van der Waals surface area contributed by atoms with Gasteiger partial charge in [0.05, 0.1) is 12.7 Å². The van der Waals surface area contributed by atoms with Crippen LogP contribution in [-0.2, 0) is 0 Å². The Bertz CT molecular complexity index is 182. The molecule has 0 aromatic carbocycles. The normalized spacial score (nSPS) is 14.4. The predicted molar refractivity (Wildman–Crippen MR) is 88.0 cm³/mol. The van der Waals surface area contributed by atoms with Crippen LogP contribution in [0.2, 0.25) is 0 Å². The maximum atomic E-state index is 9.21. The second-order valence-corrected chi connectivity index (χ2v) is 6.49. The molecule has 0 aromatic rings. The molecule has 0 saturated carbocycles. The Morgan fingerprint density at radius 1 is 0.700 bits per heavy atom. The zero-order valence-electron chi connectivity index (χ0n) is 13.9. The molecule has 2 unspecified atom stereocenters. The van der Waals surface area contributed by atoms with E-state index in [4.69, 9.17) is 5.11 Å². The van der Waals surface area contributed by atoms with E-state index in [0.29, 0.717) is 0 Å². The summed E-state index contributed by atoms with van der Waals surface area (Å²) in [6, 6.07) is 0. The molecule has 0 fully saturated rings. The summed E-state index contributed by atoms with van der Waals surface area (Å²) < 4.78 is 0. The molecule has 0 amide bonds. The Balaban J connectivity index is 3.15. The molecule has 122 valence electrons. The molecule has 0 saturated heterocycles. The van der Waals surface area contributed by atoms with E-state index in [0.717, 1.165) is 18.8 Å². The average molecular weight is 286 g/mol. The van der Waals surface area contributed by atoms with Gasteiger partial charge in [-0.3, -0.25) is 0 Å². The fourth-order valence-electron chi connectivity index (χ4n) is 2.74. The highest BCUT2D eigenvalue weighted by molar-refractivity contribution is 4.56. The molecule has 0 aliphatic rings. The van der Waals surface area contributed by atoms with Gasteiger partial charge in [-0.15, -0.1) is 0 Å². The van der Waals surface area contributed by atoms with Crippen molar-refractivity contribution in [2.45, 2.75) is 103 Å². The zero-order chi connectivity index (χ0) is 15.1. The van der Waals surface area contributed by atoms with Crippen LogP contribution in [0.25, 0.3) is 0 Å². The molecule has 2 N–H and O–H groups in total. The third-order valence-electron chi connectivity index (χ3n) is 4.25. The van der Waals surface area contributed by atoms with Gasteiger partial charge in [0.2, 0.25) is 0 Å². The Morgan fingerprint density at radius 2 is 1.15 bits per heavy atom. The first-order valence-electron chi connectivity index (χ1n) is 8.99. The number of aliphatic hydroxyl groups excluding tert-OH is 2. The quantitative estimate of drug-likeness (QED) is 0.413. The van der Waals surface area contributed by atoms with Crippen molar-refractivity contribution in [3.63, 3.8) is 0 Å². The average Bonchev–Trinajstić information content (AvgIpc) is 2.46. The van der Waals surface area contributed by atoms with Crippen LogP contribution in [0.4, 0.5) is 0 Å². The molecule has 0 spiro atoms. The monoisotopic (exact) mass is 286 g/mol. The van der Waals surface area contributed by atoms with Gasteiger partial charge in [-0.2, -0.15) is 0 Å². The summed E-state index contributed by atoms with van der Waals surface area (Å²) in [5, 5.41) is 17.9. The second kappa shape index (κ2) is 15.3. The molecule has 20 heavy (non-hydrogen) atoms. The van der Waals surface area contributed by atoms with E-state index >= 15 is 0 Å². The van der Waals surface area contributed by atoms with E-state index in [1.54, 1.807) is 0 Å². The molecular weight excluding hydrogens is 248 g/mol. The van der Waals surface area contributed by atoms with Gasteiger partial charge in [0.25, 0.3) is 0 Å². The highest BCUT2D eigenvalue weighted by atomic mass is 16.3. The lowest BCUT2D eigenvalue weighted by Crippen LogP contribution is -2.10. The van der Waals surface area contributed by atoms with Crippen LogP contribution in [0.1, 0.15) is 97.3 Å². The number of rotatable bonds is 15. The van der Waals surface area contributed by atoms with Gasteiger partial charge < -0.3 is 10.2 Å². The Hall–Kier alpha value is -0.0800. The maximum Gasteiger partial charge on any atom is 0.0770 e. The van der Waals surface area contributed by atoms with Crippen molar-refractivity contribution in [3.05, 3.63) is 0 Å². The zero-order valence-corrected chi connectivity index (χ0v) is 13.9. The van der Waals surface area contributed by atoms with Crippen molar-refractivity contribution in [1.29, 1.82) is 0 Å². The minimum absolute atomic E-state index is 0.0872. The van der Waals surface area contributed by atoms with Crippen molar-refractivity contribution in [1.82, 2.24) is 0 Å². The molecular formula is C18H38O2. The van der Waals surface area contributed by atoms with E-state index in [1.165, 1.54) is 70.6 Å². The van der Waals surface area contributed by atoms with Crippen LogP contribution in [0.15, 0.2) is 0 Å². The lowest BCUT2D eigenvalue weighted by molar-refractivity contribution is 0.0860. The van der Waals surface area contributed by atoms with Crippen molar-refractivity contribution < 1.29 is 10.2 Å². The van der Waals surface area contributed by atoms with Gasteiger partial charge in [0.1, 0.15) is 0 Å². The van der Waals surface area contributed by atoms with Gasteiger partial charge in [0, 0.05) is 0 Å². The summed E-state index contributed by atoms with van der Waals surface area (Å²) in [4.78, 5) is 0. The van der Waals surface area contributed by atoms with Gasteiger partial charge >= 0.3 is 0 Å². The molecule has 2 atom stereocenters. The van der Waals surface area contributed by atoms with Crippen molar-refractivity contribution in [2.24, 2.45) is 5.92 Å². The highest BCUT2D eigenvalue weighted by Gasteiger charge is 2.03. The van der Waals surface area contributed by atoms with Crippen LogP contribution >= 0.6 is 0 Å². The number of aliphatic hydroxyl groups is 2. The summed E-state index contributed by atoms with van der Waals surface area (Å²) in [7, 11) is 0. The fraction of sp³-hybridized carbons (Fsp3) is 1.00. The van der Waals surface area contributed by atoms with E-state index < -0.39 is 6.10 Å². The highest BCUT2D eigenvalue weighted by Crippen LogP contribution is 2.18. The van der Waals surface area contributed by atoms with Gasteiger partial charge in [-0.25, -0.2) is 0 Å². The van der Waals surface area contributed by atoms with Crippen LogP contribution in [0.5, 0.6) is 0 Å². The Kier molecular flexibility index (Phi) is 15.3. The van der Waals surface area contributed by atoms with Gasteiger partial charge in [0.15, 0.2) is 0 Å². The largest absolute Gasteiger partial charge is 0.394 e. The Labute approximate surface area is 127 Å². The topological polar surface area (TPSA) is 40.5 Å². The van der Waals surface area contributed by atoms with Gasteiger partial charge in [-0.05, 0) is 12.3 Å². The summed E-state index contributed by atoms with van der Waals surface area (Å²) in [6.45, 7) is 4.59. The number of hydrogen-bond acceptors (Lipinski definition) is 2. The molecule has 0 aliphatic carbocycles. The summed E-state index contributed by atoms with van der Waals surface area (Å²) in [5.41, 5.74) is 0. The first kappa shape index (κ1) is 19.9. The number of unbranched alkanes of at least 4 members (excludes halogenated alkanes) is 8. The van der Waals surface area contributed by atoms with Crippen molar-refractivity contribution in [2.75, 3.05) is 6.61 Å². The lowest BCUT2D eigenvalue weighted by atomic mass is 9.96. The third-order valence-corrected chi connectivity index (χ3v) is 4.25. The predicted octanol–water partition coefficient (Wildman–Crippen LogP) is 5.07. The second-order valence-electron chi connectivity index (χ2n) is 6.49. The minimum Gasteiger partial charge on any atom is -0.394 e. The molecule has 2 nitrogen and oxygen atoms in total. The fourth-order valence-corrected chi connectivity index (χ4v) is 2.74. The van der Waals surface area contributed by atoms with Crippen LogP contribution in [0, 0.1) is 5.92 Å². The van der Waals surface area contributed by atoms with Crippen molar-refractivity contribution in [3.8, 4) is 0 Å². The summed E-state index contributed by atoms with van der Waals surface area (Å²) in [5.74, 6) is 0.909. The van der Waals surface area contributed by atoms with Crippen molar-refractivity contribution >= 4 is 0 Å². The number of hydrogen-bond donors (Lipinski definition) is 2. The lowest BCUT2D eigenvalue weighted by Gasteiger charge is -2.11. The molecule has 0 heterocycles. The molecule has 0 radical (unpaired) electrons. The van der Waals surface area contributed by atoms with E-state index in [2.05, 4.69) is 13.8 Å². The molecule has 0 bridgehead atoms. The maximum absolute atomic E-state index is 9.21. The summed E-state index contributed by atoms with van der Waals surface area (Å²) >= 11 is 0. The molecule has 0 aromatic heterocycles. The van der Waals surface area contributed by atoms with Crippen LogP contribution < -0.4 is 0 Å². The molecule has 2 heteroatoms. The minimum atomic E-state index is -0.497. The van der Waals surface area contributed by atoms with E-state index in [1.807, 2.05) is 0 Å². The SMILES string of the molecule is CCCCCCC(C)CCCCCCCCC(O)CO. The van der Waals surface area contributed by atoms with Crippen LogP contribution in [-0.4, -0.2) is 22.9 Å². The molecule has 0 rings (SSSR count). The smallest absolute Gasteiger partial charge is 0.0770 e. The van der Waals surface area contributed by atoms with Gasteiger partial charge in [-0.1, -0.05) is 90.9 Å². The first-order valence-corrected chi connectivity index (χ1v) is 8.99. The van der Waals surface area contributed by atoms with E-state index in [9.17, 15) is 5.11 Å². The first-order chi connectivity index (χ1) is 9.70. The third kappa shape index (κ3) is 14.3. The summed E-state index contributed by atoms with van der Waals surface area (Å²) in [6.07, 6.45) is 16.3. The van der Waals surface area contributed by atoms with E-state index in [-0.39, 0.29) is 6.61 Å². The van der Waals surface area contributed by atoms with Crippen LogP contribution in [0.3, 0.4) is 0 Å². The Morgan fingerprint density at radius 3 is 1.65 bits per heavy atom.